The molecule has 34 heavy (non-hydrogen) atoms. The van der Waals surface area contributed by atoms with Gasteiger partial charge in [0.15, 0.2) is 0 Å². The van der Waals surface area contributed by atoms with E-state index in [4.69, 9.17) is 16.3 Å². The summed E-state index contributed by atoms with van der Waals surface area (Å²) < 4.78 is 5.29. The van der Waals surface area contributed by atoms with E-state index in [2.05, 4.69) is 10.6 Å². The van der Waals surface area contributed by atoms with Crippen LogP contribution in [0.3, 0.4) is 0 Å². The maximum Gasteiger partial charge on any atom is 0.324 e. The number of carbonyl (C=O) groups is 4. The summed E-state index contributed by atoms with van der Waals surface area (Å²) in [6, 6.07) is 11.6. The number of imide groups is 1. The van der Waals surface area contributed by atoms with E-state index in [1.165, 1.54) is 7.11 Å². The van der Waals surface area contributed by atoms with Crippen molar-refractivity contribution in [3.8, 4) is 5.75 Å². The largest absolute Gasteiger partial charge is 0.496 e. The third-order valence-corrected chi connectivity index (χ3v) is 6.25. The average Bonchev–Trinajstić information content (AvgIpc) is 3.16. The number of urea groups is 1. The molecule has 2 saturated heterocycles. The number of hydrogen-bond acceptors (Lipinski definition) is 5. The van der Waals surface area contributed by atoms with Gasteiger partial charge in [-0.15, -0.1) is 0 Å². The van der Waals surface area contributed by atoms with Crippen LogP contribution >= 0.6 is 11.6 Å². The lowest BCUT2D eigenvalue weighted by Crippen LogP contribution is -2.41. The molecule has 0 bridgehead atoms. The lowest BCUT2D eigenvalue weighted by Gasteiger charge is -2.31. The first-order valence-electron chi connectivity index (χ1n) is 11.0. The molecule has 2 heterocycles. The van der Waals surface area contributed by atoms with Gasteiger partial charge in [0.05, 0.1) is 25.8 Å². The monoisotopic (exact) mass is 484 g/mol. The summed E-state index contributed by atoms with van der Waals surface area (Å²) in [6.07, 6.45) is 1.06. The van der Waals surface area contributed by atoms with Gasteiger partial charge in [0.25, 0.3) is 5.91 Å². The maximum absolute atomic E-state index is 13.0. The molecule has 2 N–H and O–H groups in total. The molecule has 4 rings (SSSR count). The van der Waals surface area contributed by atoms with Crippen molar-refractivity contribution >= 4 is 41.0 Å². The molecule has 2 aliphatic heterocycles. The number of halogens is 1. The van der Waals surface area contributed by atoms with E-state index in [0.29, 0.717) is 48.0 Å². The van der Waals surface area contributed by atoms with Crippen molar-refractivity contribution in [2.45, 2.75) is 19.4 Å². The Labute approximate surface area is 202 Å². The summed E-state index contributed by atoms with van der Waals surface area (Å²) in [5.41, 5.74) is 1.73. The van der Waals surface area contributed by atoms with Gasteiger partial charge in [0.2, 0.25) is 11.8 Å². The second-order valence-corrected chi connectivity index (χ2v) is 8.68. The number of anilines is 1. The summed E-state index contributed by atoms with van der Waals surface area (Å²) in [5, 5.41) is 5.86. The van der Waals surface area contributed by atoms with E-state index in [1.54, 1.807) is 47.4 Å². The molecule has 0 radical (unpaired) electrons. The molecule has 2 aromatic carbocycles. The number of rotatable bonds is 6. The molecular weight excluding hydrogens is 460 g/mol. The number of likely N-dealkylation sites (tertiary alicyclic amines) is 1. The maximum atomic E-state index is 13.0. The van der Waals surface area contributed by atoms with Crippen molar-refractivity contribution in [2.24, 2.45) is 5.92 Å². The Morgan fingerprint density at radius 2 is 1.91 bits per heavy atom. The molecule has 9 nitrogen and oxygen atoms in total. The van der Waals surface area contributed by atoms with Gasteiger partial charge in [-0.05, 0) is 48.7 Å². The number of nitrogens with zero attached hydrogens (tertiary/aromatic N) is 2. The lowest BCUT2D eigenvalue weighted by molar-refractivity contribution is -0.125. The number of hydrogen-bond donors (Lipinski definition) is 2. The molecular formula is C24H25ClN4O5. The van der Waals surface area contributed by atoms with Crippen molar-refractivity contribution in [3.63, 3.8) is 0 Å². The van der Waals surface area contributed by atoms with Gasteiger partial charge in [-0.3, -0.25) is 19.3 Å². The van der Waals surface area contributed by atoms with E-state index in [9.17, 15) is 19.2 Å². The van der Waals surface area contributed by atoms with Crippen molar-refractivity contribution in [1.82, 2.24) is 15.1 Å². The smallest absolute Gasteiger partial charge is 0.324 e. The van der Waals surface area contributed by atoms with Crippen LogP contribution < -0.4 is 15.4 Å². The average molecular weight is 485 g/mol. The standard InChI is InChI=1S/C24H25ClN4O5/c1-34-20-6-5-17(25)12-19(20)23(32)28-9-7-16(8-10-28)22(31)27-18-4-2-3-15(11-18)14-29-21(30)13-26-24(29)33/h2-6,11-12,16H,7-10,13-14H2,1H3,(H,26,33)(H,27,31). The number of benzene rings is 2. The molecule has 0 aliphatic carbocycles. The second-order valence-electron chi connectivity index (χ2n) is 8.24. The zero-order valence-corrected chi connectivity index (χ0v) is 19.4. The normalized spacial score (nSPS) is 16.4. The quantitative estimate of drug-likeness (QED) is 0.613. The first-order valence-corrected chi connectivity index (χ1v) is 11.3. The fourth-order valence-corrected chi connectivity index (χ4v) is 4.32. The third kappa shape index (κ3) is 5.14. The van der Waals surface area contributed by atoms with Gasteiger partial charge >= 0.3 is 6.03 Å². The number of ether oxygens (including phenoxy) is 1. The molecule has 5 amide bonds. The van der Waals surface area contributed by atoms with E-state index in [0.717, 1.165) is 10.5 Å². The summed E-state index contributed by atoms with van der Waals surface area (Å²) in [7, 11) is 1.50. The topological polar surface area (TPSA) is 108 Å². The van der Waals surface area contributed by atoms with Crippen LogP contribution in [-0.4, -0.2) is 60.3 Å². The van der Waals surface area contributed by atoms with Crippen LogP contribution in [-0.2, 0) is 16.1 Å². The Balaban J connectivity index is 1.34. The molecule has 0 aromatic heterocycles. The van der Waals surface area contributed by atoms with Crippen LogP contribution in [0.15, 0.2) is 42.5 Å². The second kappa shape index (κ2) is 10.1. The summed E-state index contributed by atoms with van der Waals surface area (Å²) in [5.74, 6) is -0.357. The minimum absolute atomic E-state index is 0.000549. The minimum atomic E-state index is -0.420. The highest BCUT2D eigenvalue weighted by atomic mass is 35.5. The molecule has 10 heteroatoms. The predicted octanol–water partition coefficient (Wildman–Crippen LogP) is 2.89. The van der Waals surface area contributed by atoms with Gasteiger partial charge < -0.3 is 20.3 Å². The number of nitrogens with one attached hydrogen (secondary N) is 2. The van der Waals surface area contributed by atoms with Crippen molar-refractivity contribution < 1.29 is 23.9 Å². The summed E-state index contributed by atoms with van der Waals surface area (Å²) in [4.78, 5) is 52.2. The third-order valence-electron chi connectivity index (χ3n) is 6.02. The van der Waals surface area contributed by atoms with Gasteiger partial charge in [-0.2, -0.15) is 0 Å². The van der Waals surface area contributed by atoms with Crippen LogP contribution in [0, 0.1) is 5.92 Å². The summed E-state index contributed by atoms with van der Waals surface area (Å²) in [6.45, 7) is 1.03. The first-order chi connectivity index (χ1) is 16.4. The van der Waals surface area contributed by atoms with Crippen LogP contribution in [0.5, 0.6) is 5.75 Å². The van der Waals surface area contributed by atoms with E-state index in [1.807, 2.05) is 0 Å². The van der Waals surface area contributed by atoms with E-state index < -0.39 is 6.03 Å². The minimum Gasteiger partial charge on any atom is -0.496 e. The van der Waals surface area contributed by atoms with Gasteiger partial charge in [0, 0.05) is 29.7 Å². The molecule has 178 valence electrons. The first kappa shape index (κ1) is 23.6. The van der Waals surface area contributed by atoms with E-state index >= 15 is 0 Å². The molecule has 0 saturated carbocycles. The van der Waals surface area contributed by atoms with Crippen molar-refractivity contribution in [3.05, 3.63) is 58.6 Å². The fourth-order valence-electron chi connectivity index (χ4n) is 4.15. The molecule has 0 unspecified atom stereocenters. The Morgan fingerprint density at radius 3 is 2.59 bits per heavy atom. The number of methoxy groups -OCH3 is 1. The highest BCUT2D eigenvalue weighted by molar-refractivity contribution is 6.31. The Bertz CT molecular complexity index is 1110. The van der Waals surface area contributed by atoms with Crippen LogP contribution in [0.25, 0.3) is 0 Å². The molecule has 0 spiro atoms. The lowest BCUT2D eigenvalue weighted by atomic mass is 9.95. The number of amides is 5. The number of carbonyl (C=O) groups excluding carboxylic acids is 4. The van der Waals surface area contributed by atoms with Crippen molar-refractivity contribution in [2.75, 3.05) is 32.1 Å². The van der Waals surface area contributed by atoms with Gasteiger partial charge in [0.1, 0.15) is 5.75 Å². The Hall–Kier alpha value is -3.59. The van der Waals surface area contributed by atoms with Crippen LogP contribution in [0.1, 0.15) is 28.8 Å². The molecule has 2 fully saturated rings. The van der Waals surface area contributed by atoms with Gasteiger partial charge in [-0.25, -0.2) is 4.79 Å². The molecule has 2 aromatic rings. The highest BCUT2D eigenvalue weighted by Gasteiger charge is 2.30. The van der Waals surface area contributed by atoms with Crippen molar-refractivity contribution in [1.29, 1.82) is 0 Å². The zero-order chi connectivity index (χ0) is 24.2. The van der Waals surface area contributed by atoms with Crippen LogP contribution in [0.2, 0.25) is 5.02 Å². The zero-order valence-electron chi connectivity index (χ0n) is 18.7. The Kier molecular flexibility index (Phi) is 7.02. The molecule has 0 atom stereocenters. The SMILES string of the molecule is COc1ccc(Cl)cc1C(=O)N1CCC(C(=O)Nc2cccc(CN3C(=O)CNC3=O)c2)CC1. The van der Waals surface area contributed by atoms with E-state index in [-0.39, 0.29) is 36.7 Å². The Morgan fingerprint density at radius 1 is 1.15 bits per heavy atom. The fraction of sp³-hybridized carbons (Fsp3) is 0.333. The van der Waals surface area contributed by atoms with Crippen LogP contribution in [0.4, 0.5) is 10.5 Å². The highest BCUT2D eigenvalue weighted by Crippen LogP contribution is 2.27. The van der Waals surface area contributed by atoms with Gasteiger partial charge in [-0.1, -0.05) is 23.7 Å². The predicted molar refractivity (Wildman–Crippen MR) is 126 cm³/mol. The summed E-state index contributed by atoms with van der Waals surface area (Å²) >= 11 is 6.05. The molecule has 2 aliphatic rings. The number of piperidine rings is 1.